The Bertz CT molecular complexity index is 1520. The van der Waals surface area contributed by atoms with Gasteiger partial charge in [0.1, 0.15) is 5.58 Å². The van der Waals surface area contributed by atoms with Crippen molar-refractivity contribution in [3.05, 3.63) is 92.2 Å². The predicted octanol–water partition coefficient (Wildman–Crippen LogP) is 6.27. The zero-order valence-corrected chi connectivity index (χ0v) is 18.4. The third-order valence-electron chi connectivity index (χ3n) is 6.25. The second-order valence-corrected chi connectivity index (χ2v) is 8.33. The monoisotopic (exact) mass is 473 g/mol. The smallest absolute Gasteiger partial charge is 0.400 e. The second kappa shape index (κ2) is 8.98. The van der Waals surface area contributed by atoms with E-state index in [2.05, 4.69) is 5.16 Å². The highest BCUT2D eigenvalue weighted by atomic mass is 16.7. The van der Waals surface area contributed by atoms with Gasteiger partial charge in [0, 0.05) is 29.0 Å². The van der Waals surface area contributed by atoms with Crippen molar-refractivity contribution in [3.63, 3.8) is 0 Å². The third kappa shape index (κ3) is 4.21. The molecule has 1 fully saturated rings. The molecule has 1 aliphatic carbocycles. The lowest BCUT2D eigenvalue weighted by Gasteiger charge is -2.23. The minimum Gasteiger partial charge on any atom is -0.449 e. The zero-order valence-electron chi connectivity index (χ0n) is 18.4. The average Bonchev–Trinajstić information content (AvgIpc) is 3.32. The molecule has 1 unspecified atom stereocenters. The van der Waals surface area contributed by atoms with Gasteiger partial charge in [0.05, 0.1) is 21.6 Å². The second-order valence-electron chi connectivity index (χ2n) is 8.33. The molecule has 0 amide bonds. The first-order chi connectivity index (χ1) is 16.9. The number of rotatable bonds is 5. The van der Waals surface area contributed by atoms with Gasteiger partial charge in [0.15, 0.2) is 0 Å². The van der Waals surface area contributed by atoms with E-state index in [0.717, 1.165) is 35.1 Å². The summed E-state index contributed by atoms with van der Waals surface area (Å²) in [5, 5.41) is 29.5. The van der Waals surface area contributed by atoms with Crippen LogP contribution in [0.15, 0.2) is 70.2 Å². The van der Waals surface area contributed by atoms with Gasteiger partial charge < -0.3 is 9.25 Å². The van der Waals surface area contributed by atoms with Crippen molar-refractivity contribution in [3.8, 4) is 0 Å². The van der Waals surface area contributed by atoms with Gasteiger partial charge in [-0.15, -0.1) is 0 Å². The van der Waals surface area contributed by atoms with Gasteiger partial charge in [-0.05, 0) is 42.2 Å². The van der Waals surface area contributed by atoms with Crippen molar-refractivity contribution in [2.75, 3.05) is 0 Å². The van der Waals surface area contributed by atoms with Crippen LogP contribution in [-0.2, 0) is 4.84 Å². The number of carbonyl (C=O) groups is 1. The molecule has 3 aromatic carbocycles. The van der Waals surface area contributed by atoms with Crippen molar-refractivity contribution in [1.82, 2.24) is 0 Å². The van der Waals surface area contributed by atoms with Crippen LogP contribution < -0.4 is 0 Å². The molecule has 0 aliphatic heterocycles. The molecular weight excluding hydrogens is 454 g/mol. The Balaban J connectivity index is 1.44. The summed E-state index contributed by atoms with van der Waals surface area (Å²) in [7, 11) is 0. The maximum Gasteiger partial charge on any atom is 0.400 e. The van der Waals surface area contributed by atoms with Gasteiger partial charge in [0.2, 0.25) is 5.76 Å². The molecule has 0 spiro atoms. The van der Waals surface area contributed by atoms with Gasteiger partial charge in [-0.25, -0.2) is 4.79 Å². The van der Waals surface area contributed by atoms with Crippen LogP contribution in [0.5, 0.6) is 0 Å². The highest BCUT2D eigenvalue weighted by Gasteiger charge is 2.31. The lowest BCUT2D eigenvalue weighted by atomic mass is 9.81. The first kappa shape index (κ1) is 22.2. The first-order valence-electron chi connectivity index (χ1n) is 11.0. The van der Waals surface area contributed by atoms with Crippen LogP contribution in [0.2, 0.25) is 0 Å². The van der Waals surface area contributed by atoms with Crippen molar-refractivity contribution in [2.24, 2.45) is 5.16 Å². The van der Waals surface area contributed by atoms with Crippen LogP contribution in [-0.4, -0.2) is 21.5 Å². The van der Waals surface area contributed by atoms with Gasteiger partial charge >= 0.3 is 5.97 Å². The molecule has 0 N–H and O–H groups in total. The number of benzene rings is 3. The van der Waals surface area contributed by atoms with Crippen molar-refractivity contribution < 1.29 is 23.9 Å². The van der Waals surface area contributed by atoms with Gasteiger partial charge in [0.25, 0.3) is 11.4 Å². The van der Waals surface area contributed by atoms with Gasteiger partial charge in [-0.3, -0.25) is 20.2 Å². The highest BCUT2D eigenvalue weighted by molar-refractivity contribution is 6.08. The van der Waals surface area contributed by atoms with Crippen LogP contribution in [0, 0.1) is 20.2 Å². The summed E-state index contributed by atoms with van der Waals surface area (Å²) < 4.78 is 5.68. The maximum absolute atomic E-state index is 12.7. The van der Waals surface area contributed by atoms with Crippen molar-refractivity contribution >= 4 is 44.8 Å². The molecule has 176 valence electrons. The number of furan rings is 1. The van der Waals surface area contributed by atoms with Crippen LogP contribution in [0.25, 0.3) is 21.7 Å². The summed E-state index contributed by atoms with van der Waals surface area (Å²) in [6.45, 7) is 0. The molecule has 0 saturated heterocycles. The number of hydrogen-bond acceptors (Lipinski definition) is 8. The molecule has 1 aromatic heterocycles. The summed E-state index contributed by atoms with van der Waals surface area (Å²) in [5.74, 6) is -1.27. The fraction of sp³-hybridized carbons (Fsp3) is 0.200. The van der Waals surface area contributed by atoms with E-state index in [1.807, 2.05) is 30.3 Å². The van der Waals surface area contributed by atoms with E-state index >= 15 is 0 Å². The number of carbonyl (C=O) groups excluding carboxylic acids is 1. The molecule has 0 bridgehead atoms. The minimum absolute atomic E-state index is 0.00520. The van der Waals surface area contributed by atoms with E-state index in [4.69, 9.17) is 9.25 Å². The molecule has 0 radical (unpaired) electrons. The largest absolute Gasteiger partial charge is 0.449 e. The number of nitrogens with zero attached hydrogens (tertiary/aromatic N) is 3. The number of non-ortho nitro benzene ring substituents is 1. The van der Waals surface area contributed by atoms with Gasteiger partial charge in [-0.2, -0.15) is 0 Å². The van der Waals surface area contributed by atoms with E-state index in [1.54, 1.807) is 12.1 Å². The molecule has 1 atom stereocenters. The quantitative estimate of drug-likeness (QED) is 0.189. The highest BCUT2D eigenvalue weighted by Crippen LogP contribution is 2.38. The van der Waals surface area contributed by atoms with E-state index in [-0.39, 0.29) is 17.1 Å². The third-order valence-corrected chi connectivity index (χ3v) is 6.25. The zero-order chi connectivity index (χ0) is 24.5. The number of fused-ring (bicyclic) bond motifs is 3. The summed E-state index contributed by atoms with van der Waals surface area (Å²) >= 11 is 0. The number of nitro benzene ring substituents is 2. The molecule has 1 aliphatic rings. The molecular formula is C25H19N3O7. The molecule has 4 aromatic rings. The lowest BCUT2D eigenvalue weighted by Crippen LogP contribution is -2.20. The number of nitro groups is 2. The van der Waals surface area contributed by atoms with Crippen LogP contribution in [0.3, 0.4) is 0 Å². The SMILES string of the molecule is O=C(O/N=C1\CCCCC1c1ccc([N+](=O)[O-])cc1[N+](=O)[O-])c1cc2c(ccc3ccccc32)o1. The summed E-state index contributed by atoms with van der Waals surface area (Å²) in [5.41, 5.74) is 0.613. The van der Waals surface area contributed by atoms with Crippen molar-refractivity contribution in [2.45, 2.75) is 31.6 Å². The molecule has 10 heteroatoms. The van der Waals surface area contributed by atoms with E-state index in [1.165, 1.54) is 12.1 Å². The normalized spacial score (nSPS) is 17.0. The summed E-state index contributed by atoms with van der Waals surface area (Å²) in [6, 6.07) is 16.6. The first-order valence-corrected chi connectivity index (χ1v) is 11.0. The average molecular weight is 473 g/mol. The molecule has 1 saturated carbocycles. The Hall–Kier alpha value is -4.60. The topological polar surface area (TPSA) is 138 Å². The summed E-state index contributed by atoms with van der Waals surface area (Å²) in [4.78, 5) is 39.3. The van der Waals surface area contributed by atoms with E-state index in [0.29, 0.717) is 29.7 Å². The predicted molar refractivity (Wildman–Crippen MR) is 128 cm³/mol. The van der Waals surface area contributed by atoms with Gasteiger partial charge in [-0.1, -0.05) is 41.9 Å². The molecule has 1 heterocycles. The van der Waals surface area contributed by atoms with E-state index in [9.17, 15) is 25.0 Å². The number of hydrogen-bond donors (Lipinski definition) is 0. The Morgan fingerprint density at radius 1 is 0.971 bits per heavy atom. The maximum atomic E-state index is 12.7. The summed E-state index contributed by atoms with van der Waals surface area (Å²) in [6.07, 6.45) is 2.61. The van der Waals surface area contributed by atoms with E-state index < -0.39 is 21.7 Å². The fourth-order valence-corrected chi connectivity index (χ4v) is 4.58. The number of oxime groups is 1. The Morgan fingerprint density at radius 2 is 1.80 bits per heavy atom. The minimum atomic E-state index is -0.777. The lowest BCUT2D eigenvalue weighted by molar-refractivity contribution is -0.394. The van der Waals surface area contributed by atoms with Crippen LogP contribution >= 0.6 is 0 Å². The molecule has 5 rings (SSSR count). The Morgan fingerprint density at radius 3 is 2.60 bits per heavy atom. The Kier molecular flexibility index (Phi) is 5.69. The standard InChI is InChI=1S/C25H19N3O7/c29-25(24-14-20-17-6-2-1-5-15(17)9-12-23(20)34-24)35-26-21-8-4-3-7-18(21)19-11-10-16(27(30)31)13-22(19)28(32)33/h1-2,5-6,9-14,18H,3-4,7-8H2/b26-21+. The fourth-order valence-electron chi connectivity index (χ4n) is 4.58. The Labute approximate surface area is 198 Å². The van der Waals surface area contributed by atoms with Crippen LogP contribution in [0.1, 0.15) is 47.7 Å². The van der Waals surface area contributed by atoms with Crippen molar-refractivity contribution in [1.29, 1.82) is 0 Å². The van der Waals surface area contributed by atoms with Crippen LogP contribution in [0.4, 0.5) is 11.4 Å². The molecule has 10 nitrogen and oxygen atoms in total. The molecule has 35 heavy (non-hydrogen) atoms.